The minimum Gasteiger partial charge on any atom is -0.480 e. The summed E-state index contributed by atoms with van der Waals surface area (Å²) < 4.78 is 14.1. The Balaban J connectivity index is 2.98. The number of urea groups is 1. The molecule has 3 amide bonds. The Hall–Kier alpha value is -1.59. The maximum absolute atomic E-state index is 10.8. The van der Waals surface area contributed by atoms with E-state index < -0.39 is 30.3 Å². The van der Waals surface area contributed by atoms with Crippen LogP contribution < -0.4 is 10.6 Å². The first kappa shape index (κ1) is 5.11. The number of nitrogens with one attached hydrogen (secondary N) is 2. The quantitative estimate of drug-likeness (QED) is 0.442. The Morgan fingerprint density at radius 3 is 2.91 bits per heavy atom. The predicted octanol–water partition coefficient (Wildman–Crippen LogP) is -1.33. The van der Waals surface area contributed by atoms with Crippen molar-refractivity contribution in [3.63, 3.8) is 0 Å². The van der Waals surface area contributed by atoms with Gasteiger partial charge in [0.2, 0.25) is 5.91 Å². The van der Waals surface area contributed by atoms with Crippen LogP contribution in [0.2, 0.25) is 0 Å². The van der Waals surface area contributed by atoms with Crippen LogP contribution in [-0.2, 0) is 9.59 Å². The highest BCUT2D eigenvalue weighted by atomic mass is 16.4. The van der Waals surface area contributed by atoms with Gasteiger partial charge in [-0.2, -0.15) is 0 Å². The van der Waals surface area contributed by atoms with E-state index in [9.17, 15) is 14.4 Å². The van der Waals surface area contributed by atoms with Crippen LogP contribution in [0.5, 0.6) is 0 Å². The molecular weight excluding hydrogens is 152 g/mol. The number of imide groups is 1. The van der Waals surface area contributed by atoms with Crippen LogP contribution in [0.4, 0.5) is 4.79 Å². The molecule has 60 valence electrons. The number of carboxylic acid groups (broad SMARTS) is 1. The van der Waals surface area contributed by atoms with Gasteiger partial charge >= 0.3 is 12.0 Å². The number of carbonyl (C=O) groups excluding carboxylic acids is 2. The van der Waals surface area contributed by atoms with Crippen molar-refractivity contribution in [1.82, 2.24) is 10.6 Å². The van der Waals surface area contributed by atoms with Gasteiger partial charge in [-0.15, -0.1) is 0 Å². The molecule has 1 aliphatic rings. The lowest BCUT2D eigenvalue weighted by Gasteiger charge is -2.18. The van der Waals surface area contributed by atoms with E-state index in [2.05, 4.69) is 0 Å². The number of hydrogen-bond acceptors (Lipinski definition) is 3. The molecule has 1 aliphatic heterocycles. The van der Waals surface area contributed by atoms with Crippen molar-refractivity contribution in [1.29, 1.82) is 0 Å². The van der Waals surface area contributed by atoms with E-state index in [1.807, 2.05) is 0 Å². The molecule has 3 N–H and O–H groups in total. The summed E-state index contributed by atoms with van der Waals surface area (Å²) in [6, 6.07) is -2.85. The summed E-state index contributed by atoms with van der Waals surface area (Å²) in [6.45, 7) is 0. The molecule has 0 spiro atoms. The molecule has 0 radical (unpaired) electrons. The molecule has 1 unspecified atom stereocenters. The molecule has 1 fully saturated rings. The third-order valence-corrected chi connectivity index (χ3v) is 1.02. The lowest BCUT2D eigenvalue weighted by atomic mass is 10.2. The minimum absolute atomic E-state index is 1.01. The number of rotatable bonds is 1. The Bertz CT molecular complexity index is 290. The van der Waals surface area contributed by atoms with Crippen molar-refractivity contribution in [3.8, 4) is 0 Å². The van der Waals surface area contributed by atoms with E-state index in [0.29, 0.717) is 0 Å². The zero-order valence-corrected chi connectivity index (χ0v) is 5.25. The highest BCUT2D eigenvalue weighted by Gasteiger charge is 2.28. The van der Waals surface area contributed by atoms with Crippen molar-refractivity contribution in [3.05, 3.63) is 0 Å². The van der Waals surface area contributed by atoms with Gasteiger partial charge in [0.1, 0.15) is 6.04 Å². The molecule has 11 heavy (non-hydrogen) atoms. The summed E-state index contributed by atoms with van der Waals surface area (Å²) in [5.41, 5.74) is 0. The highest BCUT2D eigenvalue weighted by Crippen LogP contribution is 1.97. The molecule has 0 aromatic rings. The standard InChI is InChI=1S/C5H6N2O4/c8-3-1-2(4(9)10)6-5(11)7-3/h2H,1H2,(H,9,10)(H2,6,7,8,11)/i1D2. The molecule has 6 nitrogen and oxygen atoms in total. The molecule has 1 heterocycles. The van der Waals surface area contributed by atoms with E-state index in [0.717, 1.165) is 0 Å². The molecular formula is C5H6N2O4. The van der Waals surface area contributed by atoms with E-state index in [4.69, 9.17) is 7.85 Å². The van der Waals surface area contributed by atoms with Gasteiger partial charge in [-0.05, 0) is 0 Å². The van der Waals surface area contributed by atoms with Gasteiger partial charge in [0.25, 0.3) is 0 Å². The van der Waals surface area contributed by atoms with Gasteiger partial charge in [0.15, 0.2) is 0 Å². The normalized spacial score (nSPS) is 31.1. The van der Waals surface area contributed by atoms with E-state index >= 15 is 0 Å². The topological polar surface area (TPSA) is 95.5 Å². The SMILES string of the molecule is [2H]C1([2H])C(=O)NC(=O)NC1C(=O)O. The summed E-state index contributed by atoms with van der Waals surface area (Å²) in [4.78, 5) is 31.9. The summed E-state index contributed by atoms with van der Waals surface area (Å²) in [6.07, 6.45) is -2.63. The molecule has 0 bridgehead atoms. The fourth-order valence-corrected chi connectivity index (χ4v) is 0.597. The average Bonchev–Trinajstić information content (AvgIpc) is 1.96. The summed E-state index contributed by atoms with van der Waals surface area (Å²) in [7, 11) is 0. The fraction of sp³-hybridized carbons (Fsp3) is 0.400. The Morgan fingerprint density at radius 1 is 1.73 bits per heavy atom. The van der Waals surface area contributed by atoms with Gasteiger partial charge < -0.3 is 10.4 Å². The van der Waals surface area contributed by atoms with Crippen LogP contribution >= 0.6 is 0 Å². The minimum atomic E-state index is -2.63. The molecule has 1 atom stereocenters. The third kappa shape index (κ3) is 1.66. The maximum Gasteiger partial charge on any atom is 0.326 e. The molecule has 6 heteroatoms. The molecule has 1 saturated heterocycles. The third-order valence-electron chi connectivity index (χ3n) is 1.02. The van der Waals surface area contributed by atoms with Gasteiger partial charge in [0.05, 0.1) is 6.37 Å². The second-order valence-corrected chi connectivity index (χ2v) is 1.84. The number of amides is 3. The molecule has 1 rings (SSSR count). The smallest absolute Gasteiger partial charge is 0.326 e. The van der Waals surface area contributed by atoms with Crippen LogP contribution in [0.25, 0.3) is 0 Å². The zero-order valence-electron chi connectivity index (χ0n) is 7.25. The first-order valence-corrected chi connectivity index (χ1v) is 2.70. The summed E-state index contributed by atoms with van der Waals surface area (Å²) >= 11 is 0. The van der Waals surface area contributed by atoms with Crippen molar-refractivity contribution >= 4 is 17.9 Å². The largest absolute Gasteiger partial charge is 0.480 e. The maximum atomic E-state index is 10.8. The number of carbonyl (C=O) groups is 3. The lowest BCUT2D eigenvalue weighted by molar-refractivity contribution is -0.141. The van der Waals surface area contributed by atoms with Gasteiger partial charge in [-0.3, -0.25) is 10.1 Å². The van der Waals surface area contributed by atoms with Crippen LogP contribution in [0.15, 0.2) is 0 Å². The van der Waals surface area contributed by atoms with Crippen LogP contribution in [0.3, 0.4) is 0 Å². The van der Waals surface area contributed by atoms with Crippen LogP contribution in [0, 0.1) is 0 Å². The number of aliphatic carboxylic acids is 1. The van der Waals surface area contributed by atoms with Crippen molar-refractivity contribution in [2.24, 2.45) is 0 Å². The molecule has 0 aliphatic carbocycles. The van der Waals surface area contributed by atoms with E-state index in [1.54, 1.807) is 10.6 Å². The lowest BCUT2D eigenvalue weighted by Crippen LogP contribution is -2.55. The van der Waals surface area contributed by atoms with Crippen molar-refractivity contribution in [2.45, 2.75) is 12.4 Å². The van der Waals surface area contributed by atoms with Crippen LogP contribution in [-0.4, -0.2) is 29.1 Å². The fourth-order valence-electron chi connectivity index (χ4n) is 0.597. The summed E-state index contributed by atoms with van der Waals surface area (Å²) in [5.74, 6) is -2.84. The van der Waals surface area contributed by atoms with E-state index in [-0.39, 0.29) is 0 Å². The number of hydrogen-bond donors (Lipinski definition) is 3. The van der Waals surface area contributed by atoms with Crippen LogP contribution in [0.1, 0.15) is 9.11 Å². The monoisotopic (exact) mass is 160 g/mol. The Kier molecular flexibility index (Phi) is 1.19. The van der Waals surface area contributed by atoms with E-state index in [1.165, 1.54) is 0 Å². The van der Waals surface area contributed by atoms with Gasteiger partial charge in [-0.1, -0.05) is 0 Å². The molecule has 0 saturated carbocycles. The van der Waals surface area contributed by atoms with Crippen molar-refractivity contribution < 1.29 is 22.2 Å². The van der Waals surface area contributed by atoms with Gasteiger partial charge in [-0.25, -0.2) is 9.59 Å². The second-order valence-electron chi connectivity index (χ2n) is 1.84. The zero-order chi connectivity index (χ0) is 10.2. The first-order chi connectivity index (χ1) is 5.85. The predicted molar refractivity (Wildman–Crippen MR) is 32.7 cm³/mol. The Morgan fingerprint density at radius 2 is 2.36 bits per heavy atom. The first-order valence-electron chi connectivity index (χ1n) is 3.70. The second kappa shape index (κ2) is 2.57. The average molecular weight is 160 g/mol. The molecule has 0 aromatic heterocycles. The molecule has 0 aromatic carbocycles. The highest BCUT2D eigenvalue weighted by molar-refractivity contribution is 6.01. The summed E-state index contributed by atoms with van der Waals surface area (Å²) in [5, 5.41) is 11.9. The Labute approximate surface area is 64.4 Å². The number of carboxylic acids is 1. The van der Waals surface area contributed by atoms with Gasteiger partial charge in [0, 0.05) is 2.74 Å². The van der Waals surface area contributed by atoms with Crippen molar-refractivity contribution in [2.75, 3.05) is 0 Å².